The van der Waals surface area contributed by atoms with E-state index in [-0.39, 0.29) is 11.0 Å². The third kappa shape index (κ3) is 8.45. The molecule has 1 unspecified atom stereocenters. The van der Waals surface area contributed by atoms with E-state index in [1.54, 1.807) is 0 Å². The van der Waals surface area contributed by atoms with Crippen molar-refractivity contribution in [2.45, 2.75) is 56.4 Å². The van der Waals surface area contributed by atoms with Crippen LogP contribution in [0.15, 0.2) is 18.2 Å². The van der Waals surface area contributed by atoms with E-state index in [1.807, 2.05) is 32.0 Å². The van der Waals surface area contributed by atoms with Crippen molar-refractivity contribution in [2.75, 3.05) is 5.32 Å². The van der Waals surface area contributed by atoms with E-state index in [0.717, 1.165) is 36.1 Å². The van der Waals surface area contributed by atoms with E-state index >= 15 is 0 Å². The molecule has 3 N–H and O–H groups in total. The molecule has 0 saturated carbocycles. The Bertz CT molecular complexity index is 605. The van der Waals surface area contributed by atoms with Crippen molar-refractivity contribution >= 4 is 63.7 Å². The minimum atomic E-state index is -1.74. The monoisotopic (exact) mass is 423 g/mol. The molecule has 0 aliphatic carbocycles. The molecule has 0 radical (unpaired) electrons. The quantitative estimate of drug-likeness (QED) is 0.250. The van der Waals surface area contributed by atoms with Gasteiger partial charge in [-0.05, 0) is 44.1 Å². The third-order valence-electron chi connectivity index (χ3n) is 3.55. The molecule has 25 heavy (non-hydrogen) atoms. The summed E-state index contributed by atoms with van der Waals surface area (Å²) in [6.07, 6.45) is 2.25. The standard InChI is InChI=1S/C17H24Cl3N3OS/c1-4-5-6-7-14(24)22-15(17(18,19)20)23-16(25)21-13-9-8-11(2)10-12(13)3/h8-10,15H,4-7H2,1-3H3,(H,22,24)(H2,21,23,25). The largest absolute Gasteiger partial charge is 0.339 e. The van der Waals surface area contributed by atoms with Gasteiger partial charge in [-0.3, -0.25) is 4.79 Å². The Balaban J connectivity index is 2.68. The van der Waals surface area contributed by atoms with Crippen LogP contribution in [0.25, 0.3) is 0 Å². The normalized spacial score (nSPS) is 12.4. The summed E-state index contributed by atoms with van der Waals surface area (Å²) in [7, 11) is 0. The zero-order valence-corrected chi connectivity index (χ0v) is 17.7. The van der Waals surface area contributed by atoms with E-state index in [1.165, 1.54) is 0 Å². The zero-order valence-electron chi connectivity index (χ0n) is 14.6. The second kappa shape index (κ2) is 10.4. The molecular formula is C17H24Cl3N3OS. The maximum Gasteiger partial charge on any atom is 0.228 e. The molecule has 0 aliphatic heterocycles. The lowest BCUT2D eigenvalue weighted by Gasteiger charge is -2.28. The van der Waals surface area contributed by atoms with Gasteiger partial charge in [0.05, 0.1) is 0 Å². The molecule has 0 spiro atoms. The number of alkyl halides is 3. The Kier molecular flexibility index (Phi) is 9.28. The molecule has 0 saturated heterocycles. The van der Waals surface area contributed by atoms with Gasteiger partial charge in [0.15, 0.2) is 5.11 Å². The highest BCUT2D eigenvalue weighted by molar-refractivity contribution is 7.80. The number of aryl methyl sites for hydroxylation is 2. The summed E-state index contributed by atoms with van der Waals surface area (Å²) in [5.74, 6) is -0.188. The molecule has 0 aliphatic rings. The molecule has 1 amide bonds. The summed E-state index contributed by atoms with van der Waals surface area (Å²) in [6, 6.07) is 5.93. The van der Waals surface area contributed by atoms with Gasteiger partial charge >= 0.3 is 0 Å². The highest BCUT2D eigenvalue weighted by Gasteiger charge is 2.34. The maximum absolute atomic E-state index is 12.0. The molecule has 0 heterocycles. The number of thiocarbonyl (C=S) groups is 1. The molecule has 8 heteroatoms. The molecule has 140 valence electrons. The van der Waals surface area contributed by atoms with Gasteiger partial charge in [0.25, 0.3) is 0 Å². The van der Waals surface area contributed by atoms with Crippen molar-refractivity contribution in [3.63, 3.8) is 0 Å². The molecule has 0 fully saturated rings. The minimum Gasteiger partial charge on any atom is -0.339 e. The second-order valence-corrected chi connectivity index (χ2v) is 8.69. The second-order valence-electron chi connectivity index (χ2n) is 5.92. The lowest BCUT2D eigenvalue weighted by atomic mass is 10.1. The van der Waals surface area contributed by atoms with E-state index in [2.05, 4.69) is 22.9 Å². The summed E-state index contributed by atoms with van der Waals surface area (Å²) in [6.45, 7) is 6.06. The molecule has 1 atom stereocenters. The summed E-state index contributed by atoms with van der Waals surface area (Å²) in [5, 5.41) is 8.86. The first-order valence-corrected chi connectivity index (χ1v) is 9.68. The average Bonchev–Trinajstić information content (AvgIpc) is 2.49. The first kappa shape index (κ1) is 22.3. The number of hydrogen-bond acceptors (Lipinski definition) is 2. The van der Waals surface area contributed by atoms with Crippen LogP contribution < -0.4 is 16.0 Å². The number of rotatable bonds is 7. The predicted octanol–water partition coefficient (Wildman–Crippen LogP) is 4.98. The first-order valence-electron chi connectivity index (χ1n) is 8.14. The van der Waals surface area contributed by atoms with Crippen LogP contribution in [0.4, 0.5) is 5.69 Å². The van der Waals surface area contributed by atoms with Crippen molar-refractivity contribution in [3.8, 4) is 0 Å². The number of unbranched alkanes of at least 4 members (excludes halogenated alkanes) is 2. The van der Waals surface area contributed by atoms with Crippen molar-refractivity contribution in [3.05, 3.63) is 29.3 Å². The fourth-order valence-corrected chi connectivity index (χ4v) is 2.77. The fourth-order valence-electron chi connectivity index (χ4n) is 2.21. The van der Waals surface area contributed by atoms with Crippen LogP contribution in [-0.4, -0.2) is 21.0 Å². The lowest BCUT2D eigenvalue weighted by molar-refractivity contribution is -0.122. The van der Waals surface area contributed by atoms with Gasteiger partial charge in [0, 0.05) is 12.1 Å². The highest BCUT2D eigenvalue weighted by atomic mass is 35.6. The van der Waals surface area contributed by atoms with Gasteiger partial charge in [-0.25, -0.2) is 0 Å². The molecule has 1 aromatic carbocycles. The van der Waals surface area contributed by atoms with Gasteiger partial charge in [-0.15, -0.1) is 0 Å². The van der Waals surface area contributed by atoms with Crippen LogP contribution in [-0.2, 0) is 4.79 Å². The number of carbonyl (C=O) groups is 1. The van der Waals surface area contributed by atoms with Gasteiger partial charge in [0.2, 0.25) is 9.70 Å². The smallest absolute Gasteiger partial charge is 0.228 e. The van der Waals surface area contributed by atoms with Crippen molar-refractivity contribution in [1.29, 1.82) is 0 Å². The van der Waals surface area contributed by atoms with E-state index in [0.29, 0.717) is 6.42 Å². The van der Waals surface area contributed by atoms with E-state index in [9.17, 15) is 4.79 Å². The van der Waals surface area contributed by atoms with Gasteiger partial charge in [-0.1, -0.05) is 72.3 Å². The Morgan fingerprint density at radius 3 is 2.44 bits per heavy atom. The van der Waals surface area contributed by atoms with Crippen molar-refractivity contribution < 1.29 is 4.79 Å². The number of hydrogen-bond donors (Lipinski definition) is 3. The predicted molar refractivity (Wildman–Crippen MR) is 112 cm³/mol. The lowest BCUT2D eigenvalue weighted by Crippen LogP contribution is -2.56. The van der Waals surface area contributed by atoms with Crippen LogP contribution in [0.3, 0.4) is 0 Å². The summed E-state index contributed by atoms with van der Waals surface area (Å²) in [4.78, 5) is 12.0. The van der Waals surface area contributed by atoms with Crippen LogP contribution in [0.5, 0.6) is 0 Å². The van der Waals surface area contributed by atoms with Gasteiger partial charge < -0.3 is 16.0 Å². The maximum atomic E-state index is 12.0. The van der Waals surface area contributed by atoms with Crippen LogP contribution in [0, 0.1) is 13.8 Å². The topological polar surface area (TPSA) is 53.2 Å². The van der Waals surface area contributed by atoms with Gasteiger partial charge in [0.1, 0.15) is 6.17 Å². The molecule has 1 rings (SSSR count). The van der Waals surface area contributed by atoms with Gasteiger partial charge in [-0.2, -0.15) is 0 Å². The molecule has 4 nitrogen and oxygen atoms in total. The van der Waals surface area contributed by atoms with Crippen LogP contribution in [0.1, 0.15) is 43.7 Å². The summed E-state index contributed by atoms with van der Waals surface area (Å²) in [5.41, 5.74) is 3.04. The first-order chi connectivity index (χ1) is 11.6. The Hall–Kier alpha value is -0.750. The Morgan fingerprint density at radius 1 is 1.20 bits per heavy atom. The van der Waals surface area contributed by atoms with Crippen molar-refractivity contribution in [2.24, 2.45) is 0 Å². The summed E-state index contributed by atoms with van der Waals surface area (Å²) >= 11 is 23.2. The number of benzene rings is 1. The Labute approximate surface area is 170 Å². The minimum absolute atomic E-state index is 0.188. The fraction of sp³-hybridized carbons (Fsp3) is 0.529. The number of nitrogens with one attached hydrogen (secondary N) is 3. The number of halogens is 3. The van der Waals surface area contributed by atoms with E-state index < -0.39 is 9.96 Å². The average molecular weight is 425 g/mol. The van der Waals surface area contributed by atoms with E-state index in [4.69, 9.17) is 47.0 Å². The third-order valence-corrected chi connectivity index (χ3v) is 4.42. The van der Waals surface area contributed by atoms with Crippen molar-refractivity contribution in [1.82, 2.24) is 10.6 Å². The zero-order chi connectivity index (χ0) is 19.0. The Morgan fingerprint density at radius 2 is 1.88 bits per heavy atom. The molecule has 0 aromatic heterocycles. The number of anilines is 1. The molecule has 0 bridgehead atoms. The van der Waals surface area contributed by atoms with Crippen LogP contribution >= 0.6 is 47.0 Å². The SMILES string of the molecule is CCCCCC(=O)NC(NC(=S)Nc1ccc(C)cc1C)C(Cl)(Cl)Cl. The summed E-state index contributed by atoms with van der Waals surface area (Å²) < 4.78 is -1.74. The van der Waals surface area contributed by atoms with Crippen LogP contribution in [0.2, 0.25) is 0 Å². The number of carbonyl (C=O) groups excluding carboxylic acids is 1. The highest BCUT2D eigenvalue weighted by Crippen LogP contribution is 2.29. The molecule has 1 aromatic rings. The number of amides is 1. The molecular weight excluding hydrogens is 401 g/mol.